The van der Waals surface area contributed by atoms with E-state index in [2.05, 4.69) is 39.1 Å². The Bertz CT molecular complexity index is 487. The molecule has 3 nitrogen and oxygen atoms in total. The molecule has 1 atom stereocenters. The van der Waals surface area contributed by atoms with Crippen LogP contribution < -0.4 is 11.1 Å². The van der Waals surface area contributed by atoms with Crippen molar-refractivity contribution >= 4 is 22.2 Å². The third-order valence-corrected chi connectivity index (χ3v) is 4.67. The average Bonchev–Trinajstić information content (AvgIpc) is 2.80. The summed E-state index contributed by atoms with van der Waals surface area (Å²) >= 11 is 1.55. The van der Waals surface area contributed by atoms with Crippen molar-refractivity contribution in [2.45, 2.75) is 59.3 Å². The van der Waals surface area contributed by atoms with E-state index in [9.17, 15) is 4.79 Å². The van der Waals surface area contributed by atoms with Crippen LogP contribution in [-0.4, -0.2) is 12.5 Å². The van der Waals surface area contributed by atoms with Crippen molar-refractivity contribution in [1.82, 2.24) is 5.32 Å². The van der Waals surface area contributed by atoms with Gasteiger partial charge < -0.3 is 11.1 Å². The second-order valence-electron chi connectivity index (χ2n) is 5.80. The molecule has 1 rings (SSSR count). The molecule has 1 aromatic rings. The first-order valence-corrected chi connectivity index (χ1v) is 8.58. The summed E-state index contributed by atoms with van der Waals surface area (Å²) in [6, 6.07) is 1.97. The predicted molar refractivity (Wildman–Crippen MR) is 93.1 cm³/mol. The van der Waals surface area contributed by atoms with Gasteiger partial charge in [0.05, 0.1) is 10.6 Å². The quantitative estimate of drug-likeness (QED) is 0.540. The van der Waals surface area contributed by atoms with Gasteiger partial charge in [-0.2, -0.15) is 0 Å². The number of anilines is 1. The monoisotopic (exact) mass is 308 g/mol. The number of nitrogen functional groups attached to an aromatic ring is 1. The van der Waals surface area contributed by atoms with Crippen LogP contribution in [0.2, 0.25) is 0 Å². The van der Waals surface area contributed by atoms with E-state index in [1.54, 1.807) is 11.3 Å². The number of allylic oxidation sites excluding steroid dienone is 2. The summed E-state index contributed by atoms with van der Waals surface area (Å²) in [6.45, 7) is 9.26. The molecule has 1 aromatic heterocycles. The molecule has 4 heteroatoms. The van der Waals surface area contributed by atoms with Gasteiger partial charge in [-0.15, -0.1) is 11.3 Å². The second kappa shape index (κ2) is 8.88. The van der Waals surface area contributed by atoms with Crippen LogP contribution in [0.4, 0.5) is 5.00 Å². The van der Waals surface area contributed by atoms with Crippen LogP contribution in [0.3, 0.4) is 0 Å². The molecule has 118 valence electrons. The van der Waals surface area contributed by atoms with Gasteiger partial charge in [0.25, 0.3) is 5.91 Å². The predicted octanol–water partition coefficient (Wildman–Crippen LogP) is 4.71. The first-order valence-electron chi connectivity index (χ1n) is 7.76. The molecule has 21 heavy (non-hydrogen) atoms. The summed E-state index contributed by atoms with van der Waals surface area (Å²) in [5.74, 6) is 0.394. The lowest BCUT2D eigenvalue weighted by molar-refractivity contribution is 0.0954. The van der Waals surface area contributed by atoms with Gasteiger partial charge in [0, 0.05) is 11.4 Å². The smallest absolute Gasteiger partial charge is 0.254 e. The molecule has 1 amide bonds. The highest BCUT2D eigenvalue weighted by atomic mass is 32.1. The minimum absolute atomic E-state index is 0.0417. The number of nitrogens with one attached hydrogen (secondary N) is 1. The van der Waals surface area contributed by atoms with Crippen LogP contribution in [0, 0.1) is 0 Å². The Morgan fingerprint density at radius 2 is 2.19 bits per heavy atom. The molecular weight excluding hydrogens is 280 g/mol. The van der Waals surface area contributed by atoms with Crippen LogP contribution in [-0.2, 0) is 0 Å². The Balaban J connectivity index is 2.64. The number of amides is 1. The highest BCUT2D eigenvalue weighted by Crippen LogP contribution is 2.33. The van der Waals surface area contributed by atoms with Crippen LogP contribution in [0.15, 0.2) is 17.7 Å². The summed E-state index contributed by atoms with van der Waals surface area (Å²) in [7, 11) is 0. The van der Waals surface area contributed by atoms with Gasteiger partial charge in [-0.05, 0) is 45.1 Å². The molecule has 0 radical (unpaired) electrons. The van der Waals surface area contributed by atoms with Crippen LogP contribution in [0.5, 0.6) is 0 Å². The van der Waals surface area contributed by atoms with Gasteiger partial charge in [-0.25, -0.2) is 0 Å². The molecule has 0 saturated heterocycles. The molecule has 0 aromatic carbocycles. The number of unbranched alkanes of at least 4 members (excludes halogenated alkanes) is 1. The molecule has 3 N–H and O–H groups in total. The fourth-order valence-electron chi connectivity index (χ4n) is 2.08. The lowest BCUT2D eigenvalue weighted by Gasteiger charge is -2.07. The highest BCUT2D eigenvalue weighted by Gasteiger charge is 2.16. The third kappa shape index (κ3) is 5.92. The van der Waals surface area contributed by atoms with Crippen LogP contribution >= 0.6 is 11.3 Å². The zero-order valence-electron chi connectivity index (χ0n) is 13.7. The minimum Gasteiger partial charge on any atom is -0.390 e. The van der Waals surface area contributed by atoms with E-state index in [-0.39, 0.29) is 5.91 Å². The van der Waals surface area contributed by atoms with Crippen molar-refractivity contribution in [2.75, 3.05) is 12.3 Å². The minimum atomic E-state index is -0.0417. The van der Waals surface area contributed by atoms with Gasteiger partial charge in [0.15, 0.2) is 0 Å². The number of carbonyl (C=O) groups excluding carboxylic acids is 1. The normalized spacial score (nSPS) is 12.0. The number of hydrogen-bond acceptors (Lipinski definition) is 3. The molecule has 0 fully saturated rings. The van der Waals surface area contributed by atoms with Crippen LogP contribution in [0.25, 0.3) is 0 Å². The first kappa shape index (κ1) is 17.8. The standard InChI is InChI=1S/C17H28N2OS/c1-5-6-10-19-17(20)14-11-15(21-16(14)18)13(4)9-7-8-12(2)3/h8,11,13H,5-7,9-10,18H2,1-4H3,(H,19,20). The summed E-state index contributed by atoms with van der Waals surface area (Å²) in [5.41, 5.74) is 8.00. The molecule has 1 unspecified atom stereocenters. The fourth-order valence-corrected chi connectivity index (χ4v) is 3.09. The van der Waals surface area contributed by atoms with E-state index in [0.717, 1.165) is 32.2 Å². The van der Waals surface area contributed by atoms with Gasteiger partial charge in [0.2, 0.25) is 0 Å². The van der Waals surface area contributed by atoms with Crippen molar-refractivity contribution < 1.29 is 4.79 Å². The topological polar surface area (TPSA) is 55.1 Å². The summed E-state index contributed by atoms with van der Waals surface area (Å²) < 4.78 is 0. The maximum atomic E-state index is 12.1. The maximum Gasteiger partial charge on any atom is 0.254 e. The number of rotatable bonds is 8. The zero-order chi connectivity index (χ0) is 15.8. The van der Waals surface area contributed by atoms with Crippen molar-refractivity contribution in [3.05, 3.63) is 28.2 Å². The van der Waals surface area contributed by atoms with E-state index >= 15 is 0 Å². The zero-order valence-corrected chi connectivity index (χ0v) is 14.5. The number of nitrogens with two attached hydrogens (primary N) is 1. The second-order valence-corrected chi connectivity index (χ2v) is 6.91. The lowest BCUT2D eigenvalue weighted by atomic mass is 10.0. The maximum absolute atomic E-state index is 12.1. The van der Waals surface area contributed by atoms with E-state index in [0.29, 0.717) is 16.5 Å². The van der Waals surface area contributed by atoms with Crippen molar-refractivity contribution in [2.24, 2.45) is 0 Å². The summed E-state index contributed by atoms with van der Waals surface area (Å²) in [6.07, 6.45) is 6.49. The van der Waals surface area contributed by atoms with Crippen molar-refractivity contribution in [3.8, 4) is 0 Å². The van der Waals surface area contributed by atoms with Gasteiger partial charge >= 0.3 is 0 Å². The molecule has 0 aliphatic heterocycles. The molecule has 0 spiro atoms. The highest BCUT2D eigenvalue weighted by molar-refractivity contribution is 7.16. The molecule has 0 aliphatic rings. The van der Waals surface area contributed by atoms with Gasteiger partial charge in [-0.3, -0.25) is 4.79 Å². The number of thiophene rings is 1. The largest absolute Gasteiger partial charge is 0.390 e. The molecule has 0 aliphatic carbocycles. The molecule has 0 saturated carbocycles. The Kier molecular flexibility index (Phi) is 7.51. The van der Waals surface area contributed by atoms with E-state index in [4.69, 9.17) is 5.73 Å². The van der Waals surface area contributed by atoms with Crippen LogP contribution in [0.1, 0.15) is 74.5 Å². The summed E-state index contributed by atoms with van der Waals surface area (Å²) in [4.78, 5) is 13.3. The van der Waals surface area contributed by atoms with E-state index in [1.165, 1.54) is 10.5 Å². The SMILES string of the molecule is CCCCNC(=O)c1cc(C(C)CCC=C(C)C)sc1N. The molecule has 1 heterocycles. The third-order valence-electron chi connectivity index (χ3n) is 3.48. The number of hydrogen-bond donors (Lipinski definition) is 2. The molecule has 0 bridgehead atoms. The Hall–Kier alpha value is -1.29. The average molecular weight is 308 g/mol. The first-order chi connectivity index (χ1) is 9.95. The van der Waals surface area contributed by atoms with E-state index < -0.39 is 0 Å². The molecular formula is C17H28N2OS. The number of carbonyl (C=O) groups is 1. The van der Waals surface area contributed by atoms with Gasteiger partial charge in [-0.1, -0.05) is 31.9 Å². The Labute approximate surface area is 132 Å². The Morgan fingerprint density at radius 1 is 1.48 bits per heavy atom. The van der Waals surface area contributed by atoms with Crippen molar-refractivity contribution in [1.29, 1.82) is 0 Å². The van der Waals surface area contributed by atoms with Crippen molar-refractivity contribution in [3.63, 3.8) is 0 Å². The lowest BCUT2D eigenvalue weighted by Crippen LogP contribution is -2.24. The fraction of sp³-hybridized carbons (Fsp3) is 0.588. The van der Waals surface area contributed by atoms with E-state index in [1.807, 2.05) is 6.07 Å². The Morgan fingerprint density at radius 3 is 2.81 bits per heavy atom. The van der Waals surface area contributed by atoms with Gasteiger partial charge in [0.1, 0.15) is 0 Å². The summed E-state index contributed by atoms with van der Waals surface area (Å²) in [5, 5.41) is 3.56.